The molecule has 2 aliphatic rings. The second kappa shape index (κ2) is 5.46. The van der Waals surface area contributed by atoms with Crippen LogP contribution in [0.25, 0.3) is 0 Å². The summed E-state index contributed by atoms with van der Waals surface area (Å²) >= 11 is 0. The number of nitrogens with one attached hydrogen (secondary N) is 1. The van der Waals surface area contributed by atoms with Gasteiger partial charge in [0.05, 0.1) is 19.7 Å². The Labute approximate surface area is 99.9 Å². The Morgan fingerprint density at radius 1 is 1.41 bits per heavy atom. The number of carboxylic acid groups (broad SMARTS) is 1. The molecule has 1 saturated carbocycles. The minimum atomic E-state index is -1.01. The first-order valence-corrected chi connectivity index (χ1v) is 5.99. The van der Waals surface area contributed by atoms with Gasteiger partial charge in [0.15, 0.2) is 6.10 Å². The highest BCUT2D eigenvalue weighted by Crippen LogP contribution is 2.27. The first-order valence-electron chi connectivity index (χ1n) is 5.99. The normalized spacial score (nSPS) is 24.7. The van der Waals surface area contributed by atoms with E-state index < -0.39 is 12.1 Å². The van der Waals surface area contributed by atoms with Crippen molar-refractivity contribution >= 4 is 11.9 Å². The molecule has 2 rings (SSSR count). The average Bonchev–Trinajstić information content (AvgIpc) is 3.13. The predicted molar refractivity (Wildman–Crippen MR) is 59.5 cm³/mol. The monoisotopic (exact) mass is 242 g/mol. The van der Waals surface area contributed by atoms with Gasteiger partial charge in [0.25, 0.3) is 0 Å². The van der Waals surface area contributed by atoms with Gasteiger partial charge >= 0.3 is 5.97 Å². The van der Waals surface area contributed by atoms with Crippen LogP contribution < -0.4 is 5.32 Å². The molecular weight excluding hydrogens is 224 g/mol. The number of ether oxygens (including phenoxy) is 1. The van der Waals surface area contributed by atoms with Crippen molar-refractivity contribution in [3.8, 4) is 0 Å². The topological polar surface area (TPSA) is 78.9 Å². The summed E-state index contributed by atoms with van der Waals surface area (Å²) in [4.78, 5) is 24.1. The van der Waals surface area contributed by atoms with Crippen molar-refractivity contribution in [3.63, 3.8) is 0 Å². The standard InChI is InChI=1S/C11H18N2O4/c14-10(6-12-5-8-1-2-8)13-3-4-17-9(7-13)11(15)16/h8-9,12H,1-7H2,(H,15,16). The first-order chi connectivity index (χ1) is 8.16. The van der Waals surface area contributed by atoms with Gasteiger partial charge in [0.1, 0.15) is 0 Å². The van der Waals surface area contributed by atoms with Gasteiger partial charge in [-0.25, -0.2) is 4.79 Å². The fourth-order valence-corrected chi connectivity index (χ4v) is 1.84. The highest BCUT2D eigenvalue weighted by molar-refractivity contribution is 5.80. The second-order valence-corrected chi connectivity index (χ2v) is 4.61. The van der Waals surface area contributed by atoms with Gasteiger partial charge in [0.2, 0.25) is 5.91 Å². The van der Waals surface area contributed by atoms with Gasteiger partial charge in [0, 0.05) is 6.54 Å². The van der Waals surface area contributed by atoms with Crippen LogP contribution in [0.3, 0.4) is 0 Å². The lowest BCUT2D eigenvalue weighted by Crippen LogP contribution is -2.50. The van der Waals surface area contributed by atoms with E-state index in [1.165, 1.54) is 12.8 Å². The number of nitrogens with zero attached hydrogens (tertiary/aromatic N) is 1. The lowest BCUT2D eigenvalue weighted by molar-refractivity contribution is -0.159. The molecule has 96 valence electrons. The summed E-state index contributed by atoms with van der Waals surface area (Å²) in [6, 6.07) is 0. The van der Waals surface area contributed by atoms with Crippen LogP contribution >= 0.6 is 0 Å². The van der Waals surface area contributed by atoms with Crippen LogP contribution in [-0.2, 0) is 14.3 Å². The molecule has 2 N–H and O–H groups in total. The Balaban J connectivity index is 1.71. The van der Waals surface area contributed by atoms with Crippen LogP contribution in [-0.4, -0.2) is 60.8 Å². The molecule has 1 aliphatic carbocycles. The average molecular weight is 242 g/mol. The summed E-state index contributed by atoms with van der Waals surface area (Å²) in [5, 5.41) is 11.9. The molecule has 1 amide bonds. The summed E-state index contributed by atoms with van der Waals surface area (Å²) < 4.78 is 5.06. The lowest BCUT2D eigenvalue weighted by atomic mass is 10.2. The van der Waals surface area contributed by atoms with E-state index in [1.807, 2.05) is 0 Å². The molecule has 0 aromatic carbocycles. The molecule has 6 heteroatoms. The molecular formula is C11H18N2O4. The number of amides is 1. The number of carboxylic acids is 1. The molecule has 0 aromatic rings. The summed E-state index contributed by atoms with van der Waals surface area (Å²) in [6.07, 6.45) is 1.62. The first kappa shape index (κ1) is 12.3. The Kier molecular flexibility index (Phi) is 3.96. The minimum absolute atomic E-state index is 0.0415. The number of carbonyl (C=O) groups excluding carboxylic acids is 1. The van der Waals surface area contributed by atoms with E-state index in [9.17, 15) is 9.59 Å². The summed E-state index contributed by atoms with van der Waals surface area (Å²) in [7, 11) is 0. The number of carbonyl (C=O) groups is 2. The summed E-state index contributed by atoms with van der Waals surface area (Å²) in [5.41, 5.74) is 0. The SMILES string of the molecule is O=C(O)C1CN(C(=O)CNCC2CC2)CCO1. The second-order valence-electron chi connectivity index (χ2n) is 4.61. The van der Waals surface area contributed by atoms with Crippen molar-refractivity contribution in [1.29, 1.82) is 0 Å². The highest BCUT2D eigenvalue weighted by atomic mass is 16.5. The van der Waals surface area contributed by atoms with Gasteiger partial charge in [-0.1, -0.05) is 0 Å². The summed E-state index contributed by atoms with van der Waals surface area (Å²) in [6.45, 7) is 2.11. The van der Waals surface area contributed by atoms with Crippen LogP contribution in [0.15, 0.2) is 0 Å². The van der Waals surface area contributed by atoms with E-state index in [4.69, 9.17) is 9.84 Å². The number of hydrogen-bond acceptors (Lipinski definition) is 4. The lowest BCUT2D eigenvalue weighted by Gasteiger charge is -2.31. The van der Waals surface area contributed by atoms with Crippen molar-refractivity contribution in [1.82, 2.24) is 10.2 Å². The molecule has 1 atom stereocenters. The van der Waals surface area contributed by atoms with Crippen LogP contribution in [0.4, 0.5) is 0 Å². The van der Waals surface area contributed by atoms with Crippen LogP contribution in [0, 0.1) is 5.92 Å². The maximum atomic E-state index is 11.8. The molecule has 0 aromatic heterocycles. The fraction of sp³-hybridized carbons (Fsp3) is 0.818. The van der Waals surface area contributed by atoms with E-state index in [1.54, 1.807) is 4.90 Å². The zero-order valence-corrected chi connectivity index (χ0v) is 9.72. The number of rotatable bonds is 5. The third-order valence-electron chi connectivity index (χ3n) is 3.10. The molecule has 0 bridgehead atoms. The molecule has 17 heavy (non-hydrogen) atoms. The van der Waals surface area contributed by atoms with E-state index in [0.717, 1.165) is 12.5 Å². The molecule has 0 radical (unpaired) electrons. The Bertz CT molecular complexity index is 304. The van der Waals surface area contributed by atoms with Crippen LogP contribution in [0.5, 0.6) is 0 Å². The van der Waals surface area contributed by atoms with E-state index >= 15 is 0 Å². The van der Waals surface area contributed by atoms with Crippen molar-refractivity contribution in [2.45, 2.75) is 18.9 Å². The summed E-state index contributed by atoms with van der Waals surface area (Å²) in [5.74, 6) is -0.312. The smallest absolute Gasteiger partial charge is 0.334 e. The molecule has 1 heterocycles. The molecule has 2 fully saturated rings. The van der Waals surface area contributed by atoms with Crippen molar-refractivity contribution in [2.24, 2.45) is 5.92 Å². The van der Waals surface area contributed by atoms with Crippen LogP contribution in [0.2, 0.25) is 0 Å². The zero-order chi connectivity index (χ0) is 12.3. The maximum Gasteiger partial charge on any atom is 0.334 e. The van der Waals surface area contributed by atoms with Gasteiger partial charge in [-0.15, -0.1) is 0 Å². The third kappa shape index (κ3) is 3.67. The number of hydrogen-bond donors (Lipinski definition) is 2. The fourth-order valence-electron chi connectivity index (χ4n) is 1.84. The Morgan fingerprint density at radius 2 is 2.18 bits per heavy atom. The van der Waals surface area contributed by atoms with Gasteiger partial charge in [-0.2, -0.15) is 0 Å². The van der Waals surface area contributed by atoms with Crippen LogP contribution in [0.1, 0.15) is 12.8 Å². The van der Waals surface area contributed by atoms with Crippen molar-refractivity contribution in [3.05, 3.63) is 0 Å². The number of morpholine rings is 1. The molecule has 1 unspecified atom stereocenters. The largest absolute Gasteiger partial charge is 0.479 e. The van der Waals surface area contributed by atoms with E-state index in [2.05, 4.69) is 5.32 Å². The van der Waals surface area contributed by atoms with Gasteiger partial charge in [-0.05, 0) is 25.3 Å². The quantitative estimate of drug-likeness (QED) is 0.666. The Morgan fingerprint density at radius 3 is 2.82 bits per heavy atom. The minimum Gasteiger partial charge on any atom is -0.479 e. The molecule has 6 nitrogen and oxygen atoms in total. The molecule has 0 spiro atoms. The van der Waals surface area contributed by atoms with Crippen molar-refractivity contribution < 1.29 is 19.4 Å². The molecule has 1 saturated heterocycles. The van der Waals surface area contributed by atoms with Gasteiger partial charge in [-0.3, -0.25) is 4.79 Å². The maximum absolute atomic E-state index is 11.8. The van der Waals surface area contributed by atoms with Gasteiger partial charge < -0.3 is 20.1 Å². The number of aliphatic carboxylic acids is 1. The van der Waals surface area contributed by atoms with Crippen molar-refractivity contribution in [2.75, 3.05) is 32.8 Å². The van der Waals surface area contributed by atoms with E-state index in [0.29, 0.717) is 19.7 Å². The Hall–Kier alpha value is -1.14. The third-order valence-corrected chi connectivity index (χ3v) is 3.10. The highest BCUT2D eigenvalue weighted by Gasteiger charge is 2.29. The zero-order valence-electron chi connectivity index (χ0n) is 9.72. The predicted octanol–water partition coefficient (Wildman–Crippen LogP) is -0.702. The molecule has 1 aliphatic heterocycles. The van der Waals surface area contributed by atoms with E-state index in [-0.39, 0.29) is 12.5 Å².